The summed E-state index contributed by atoms with van der Waals surface area (Å²) in [5.41, 5.74) is 0.935. The van der Waals surface area contributed by atoms with Crippen LogP contribution in [0.25, 0.3) is 0 Å². The lowest BCUT2D eigenvalue weighted by atomic mass is 9.81. The van der Waals surface area contributed by atoms with E-state index in [0.717, 1.165) is 5.56 Å². The number of esters is 2. The van der Waals surface area contributed by atoms with E-state index in [0.29, 0.717) is 25.7 Å². The fraction of sp³-hybridized carbons (Fsp3) is 0.524. The van der Waals surface area contributed by atoms with Gasteiger partial charge in [-0.05, 0) is 38.2 Å². The van der Waals surface area contributed by atoms with Crippen LogP contribution < -0.4 is 5.32 Å². The monoisotopic (exact) mass is 389 g/mol. The van der Waals surface area contributed by atoms with Crippen molar-refractivity contribution in [1.29, 1.82) is 0 Å². The number of hydrogen-bond acceptors (Lipinski definition) is 6. The molecule has 1 unspecified atom stereocenters. The minimum Gasteiger partial charge on any atom is -0.469 e. The average molecular weight is 389 g/mol. The maximum atomic E-state index is 12.4. The number of rotatable bonds is 8. The van der Waals surface area contributed by atoms with Crippen LogP contribution in [0.1, 0.15) is 44.6 Å². The van der Waals surface area contributed by atoms with E-state index in [2.05, 4.69) is 10.1 Å². The topological polar surface area (TPSA) is 98.8 Å². The Bertz CT molecular complexity index is 694. The normalized spacial score (nSPS) is 19.9. The van der Waals surface area contributed by atoms with E-state index in [9.17, 15) is 19.2 Å². The number of carbonyl (C=O) groups is 4. The number of ketones is 1. The molecule has 0 radical (unpaired) electrons. The molecule has 7 nitrogen and oxygen atoms in total. The summed E-state index contributed by atoms with van der Waals surface area (Å²) in [5, 5.41) is 2.64. The lowest BCUT2D eigenvalue weighted by Crippen LogP contribution is -2.45. The quantitative estimate of drug-likeness (QED) is 0.684. The number of methoxy groups -OCH3 is 1. The second kappa shape index (κ2) is 10.6. The van der Waals surface area contributed by atoms with Gasteiger partial charge in [0.2, 0.25) is 5.91 Å². The smallest absolute Gasteiger partial charge is 0.309 e. The SMILES string of the molecule is COC(=O)CC(NC(=O)C1CCC(C(=O)OCc2ccccc2)CC1)C(C)=O. The van der Waals surface area contributed by atoms with E-state index in [1.54, 1.807) is 0 Å². The molecule has 1 amide bonds. The van der Waals surface area contributed by atoms with Gasteiger partial charge in [-0.25, -0.2) is 0 Å². The van der Waals surface area contributed by atoms with Gasteiger partial charge in [0.1, 0.15) is 6.61 Å². The number of ether oxygens (including phenoxy) is 2. The molecule has 152 valence electrons. The van der Waals surface area contributed by atoms with Gasteiger partial charge in [-0.1, -0.05) is 30.3 Å². The van der Waals surface area contributed by atoms with Crippen molar-refractivity contribution in [2.24, 2.45) is 11.8 Å². The van der Waals surface area contributed by atoms with E-state index in [4.69, 9.17) is 4.74 Å². The molecule has 0 bridgehead atoms. The number of benzene rings is 1. The summed E-state index contributed by atoms with van der Waals surface area (Å²) < 4.78 is 9.94. The number of Topliss-reactive ketones (excluding diaryl/α,β-unsaturated/α-hetero) is 1. The first-order chi connectivity index (χ1) is 13.4. The summed E-state index contributed by atoms with van der Waals surface area (Å²) in [6.07, 6.45) is 2.03. The standard InChI is InChI=1S/C21H27NO6/c1-14(23)18(12-19(24)27-2)22-20(25)16-8-10-17(11-9-16)21(26)28-13-15-6-4-3-5-7-15/h3-7,16-18H,8-13H2,1-2H3,(H,22,25). The van der Waals surface area contributed by atoms with Crippen molar-refractivity contribution in [2.75, 3.05) is 7.11 Å². The van der Waals surface area contributed by atoms with Crippen molar-refractivity contribution in [3.8, 4) is 0 Å². The lowest BCUT2D eigenvalue weighted by molar-refractivity contribution is -0.152. The van der Waals surface area contributed by atoms with Crippen LogP contribution in [0.15, 0.2) is 30.3 Å². The summed E-state index contributed by atoms with van der Waals surface area (Å²) in [6, 6.07) is 8.60. The van der Waals surface area contributed by atoms with Crippen LogP contribution in [0.4, 0.5) is 0 Å². The Morgan fingerprint density at radius 2 is 1.64 bits per heavy atom. The summed E-state index contributed by atoms with van der Waals surface area (Å²) >= 11 is 0. The molecule has 1 aromatic carbocycles. The summed E-state index contributed by atoms with van der Waals surface area (Å²) in [7, 11) is 1.24. The zero-order valence-corrected chi connectivity index (χ0v) is 16.3. The summed E-state index contributed by atoms with van der Waals surface area (Å²) in [4.78, 5) is 47.7. The number of hydrogen-bond donors (Lipinski definition) is 1. The molecule has 1 N–H and O–H groups in total. The fourth-order valence-electron chi connectivity index (χ4n) is 3.27. The molecule has 1 atom stereocenters. The Balaban J connectivity index is 1.78. The van der Waals surface area contributed by atoms with Crippen LogP contribution in [0.2, 0.25) is 0 Å². The van der Waals surface area contributed by atoms with Crippen molar-refractivity contribution < 1.29 is 28.7 Å². The van der Waals surface area contributed by atoms with Crippen LogP contribution >= 0.6 is 0 Å². The maximum Gasteiger partial charge on any atom is 0.309 e. The summed E-state index contributed by atoms with van der Waals surface area (Å²) in [6.45, 7) is 1.57. The highest BCUT2D eigenvalue weighted by molar-refractivity contribution is 5.91. The van der Waals surface area contributed by atoms with Crippen LogP contribution in [-0.4, -0.2) is 36.8 Å². The van der Waals surface area contributed by atoms with E-state index in [1.807, 2.05) is 30.3 Å². The van der Waals surface area contributed by atoms with Crippen molar-refractivity contribution in [1.82, 2.24) is 5.32 Å². The first-order valence-corrected chi connectivity index (χ1v) is 9.49. The second-order valence-corrected chi connectivity index (χ2v) is 7.09. The minimum absolute atomic E-state index is 0.182. The van der Waals surface area contributed by atoms with Gasteiger partial charge in [0.25, 0.3) is 0 Å². The summed E-state index contributed by atoms with van der Waals surface area (Å²) in [5.74, 6) is -1.85. The van der Waals surface area contributed by atoms with E-state index in [1.165, 1.54) is 14.0 Å². The molecular formula is C21H27NO6. The van der Waals surface area contributed by atoms with Crippen LogP contribution in [0.3, 0.4) is 0 Å². The van der Waals surface area contributed by atoms with Crippen molar-refractivity contribution in [3.05, 3.63) is 35.9 Å². The van der Waals surface area contributed by atoms with Crippen molar-refractivity contribution in [2.45, 2.75) is 51.7 Å². The fourth-order valence-corrected chi connectivity index (χ4v) is 3.27. The van der Waals surface area contributed by atoms with Crippen molar-refractivity contribution >= 4 is 23.6 Å². The van der Waals surface area contributed by atoms with Crippen LogP contribution in [-0.2, 0) is 35.3 Å². The molecule has 28 heavy (non-hydrogen) atoms. The van der Waals surface area contributed by atoms with Gasteiger partial charge in [-0.15, -0.1) is 0 Å². The molecule has 1 aliphatic carbocycles. The molecule has 1 saturated carbocycles. The molecule has 1 fully saturated rings. The second-order valence-electron chi connectivity index (χ2n) is 7.09. The molecule has 0 aliphatic heterocycles. The lowest BCUT2D eigenvalue weighted by Gasteiger charge is -2.27. The zero-order valence-electron chi connectivity index (χ0n) is 16.3. The van der Waals surface area contributed by atoms with Crippen molar-refractivity contribution in [3.63, 3.8) is 0 Å². The largest absolute Gasteiger partial charge is 0.469 e. The molecular weight excluding hydrogens is 362 g/mol. The van der Waals surface area contributed by atoms with Gasteiger partial charge < -0.3 is 14.8 Å². The molecule has 0 aromatic heterocycles. The minimum atomic E-state index is -0.881. The van der Waals surface area contributed by atoms with Gasteiger partial charge in [-0.3, -0.25) is 19.2 Å². The van der Waals surface area contributed by atoms with Gasteiger partial charge in [0, 0.05) is 5.92 Å². The number of carbonyl (C=O) groups excluding carboxylic acids is 4. The average Bonchev–Trinajstić information content (AvgIpc) is 2.72. The predicted octanol–water partition coefficient (Wildman–Crippen LogP) is 2.17. The van der Waals surface area contributed by atoms with E-state index < -0.39 is 12.0 Å². The van der Waals surface area contributed by atoms with Gasteiger partial charge in [0.05, 0.1) is 25.5 Å². The Kier molecular flexibility index (Phi) is 8.17. The van der Waals surface area contributed by atoms with E-state index >= 15 is 0 Å². The molecule has 7 heteroatoms. The highest BCUT2D eigenvalue weighted by Gasteiger charge is 2.32. The Morgan fingerprint density at radius 3 is 2.21 bits per heavy atom. The third-order valence-electron chi connectivity index (χ3n) is 5.06. The number of nitrogens with one attached hydrogen (secondary N) is 1. The molecule has 1 aliphatic rings. The van der Waals surface area contributed by atoms with Gasteiger partial charge in [0.15, 0.2) is 5.78 Å². The third-order valence-corrected chi connectivity index (χ3v) is 5.06. The molecule has 0 saturated heterocycles. The first-order valence-electron chi connectivity index (χ1n) is 9.49. The molecule has 2 rings (SSSR count). The predicted molar refractivity (Wildman–Crippen MR) is 101 cm³/mol. The van der Waals surface area contributed by atoms with E-state index in [-0.39, 0.29) is 42.5 Å². The Morgan fingerprint density at radius 1 is 1.04 bits per heavy atom. The molecule has 0 spiro atoms. The maximum absolute atomic E-state index is 12.4. The van der Waals surface area contributed by atoms with Crippen LogP contribution in [0.5, 0.6) is 0 Å². The highest BCUT2D eigenvalue weighted by atomic mass is 16.5. The highest BCUT2D eigenvalue weighted by Crippen LogP contribution is 2.30. The Labute approximate surface area is 164 Å². The zero-order chi connectivity index (χ0) is 20.5. The molecule has 1 aromatic rings. The van der Waals surface area contributed by atoms with Gasteiger partial charge in [-0.2, -0.15) is 0 Å². The third kappa shape index (κ3) is 6.48. The number of amides is 1. The Hall–Kier alpha value is -2.70. The first kappa shape index (κ1) is 21.6. The van der Waals surface area contributed by atoms with Crippen LogP contribution in [0, 0.1) is 11.8 Å². The van der Waals surface area contributed by atoms with Gasteiger partial charge >= 0.3 is 11.9 Å². The molecule has 0 heterocycles.